The van der Waals surface area contributed by atoms with Crippen LogP contribution in [0.4, 0.5) is 0 Å². The Balaban J connectivity index is 2.62. The average Bonchev–Trinajstić information content (AvgIpc) is 2.97. The molecule has 1 aliphatic carbocycles. The molecule has 1 saturated carbocycles. The zero-order valence-electron chi connectivity index (χ0n) is 8.80. The minimum atomic E-state index is -3.12. The van der Waals surface area contributed by atoms with Crippen LogP contribution in [0, 0.1) is 5.92 Å². The fourth-order valence-electron chi connectivity index (χ4n) is 1.32. The van der Waals surface area contributed by atoms with Crippen LogP contribution in [0.25, 0.3) is 0 Å². The van der Waals surface area contributed by atoms with Crippen LogP contribution in [-0.2, 0) is 10.0 Å². The SMILES string of the molecule is CCC(CBr)(CBr)NS(=O)(=O)CC1CC1. The molecule has 1 N–H and O–H groups in total. The van der Waals surface area contributed by atoms with Crippen molar-refractivity contribution in [2.45, 2.75) is 31.7 Å². The zero-order chi connectivity index (χ0) is 11.5. The van der Waals surface area contributed by atoms with Gasteiger partial charge in [0.25, 0.3) is 0 Å². The molecule has 1 aliphatic rings. The third-order valence-corrected chi connectivity index (χ3v) is 6.51. The largest absolute Gasteiger partial charge is 0.212 e. The first kappa shape index (κ1) is 13.9. The third-order valence-electron chi connectivity index (χ3n) is 2.71. The molecule has 1 fully saturated rings. The lowest BCUT2D eigenvalue weighted by atomic mass is 10.0. The van der Waals surface area contributed by atoms with Crippen molar-refractivity contribution in [2.24, 2.45) is 5.92 Å². The Bertz CT molecular complexity index is 289. The highest BCUT2D eigenvalue weighted by molar-refractivity contribution is 9.09. The minimum Gasteiger partial charge on any atom is -0.212 e. The maximum absolute atomic E-state index is 11.8. The van der Waals surface area contributed by atoms with E-state index in [0.29, 0.717) is 16.6 Å². The number of hydrogen-bond acceptors (Lipinski definition) is 2. The lowest BCUT2D eigenvalue weighted by molar-refractivity contribution is 0.458. The summed E-state index contributed by atoms with van der Waals surface area (Å²) in [5, 5.41) is 1.26. The number of halogens is 2. The lowest BCUT2D eigenvalue weighted by Crippen LogP contribution is -2.51. The van der Waals surface area contributed by atoms with Gasteiger partial charge >= 0.3 is 0 Å². The second-order valence-corrected chi connectivity index (χ2v) is 7.12. The molecule has 0 aromatic rings. The Hall–Kier alpha value is 0.870. The van der Waals surface area contributed by atoms with Gasteiger partial charge in [-0.2, -0.15) is 0 Å². The molecule has 0 bridgehead atoms. The predicted molar refractivity (Wildman–Crippen MR) is 70.3 cm³/mol. The van der Waals surface area contributed by atoms with Crippen molar-refractivity contribution in [3.8, 4) is 0 Å². The smallest absolute Gasteiger partial charge is 0.212 e. The van der Waals surface area contributed by atoms with E-state index in [4.69, 9.17) is 0 Å². The van der Waals surface area contributed by atoms with E-state index in [1.54, 1.807) is 0 Å². The van der Waals surface area contributed by atoms with Crippen LogP contribution in [0.2, 0.25) is 0 Å². The summed E-state index contributed by atoms with van der Waals surface area (Å²) in [6.45, 7) is 1.99. The summed E-state index contributed by atoms with van der Waals surface area (Å²) < 4.78 is 26.4. The van der Waals surface area contributed by atoms with Crippen molar-refractivity contribution in [1.29, 1.82) is 0 Å². The Morgan fingerprint density at radius 2 is 1.87 bits per heavy atom. The molecular formula is C9H17Br2NO2S. The van der Waals surface area contributed by atoms with Crippen LogP contribution in [0.3, 0.4) is 0 Å². The van der Waals surface area contributed by atoms with Crippen molar-refractivity contribution < 1.29 is 8.42 Å². The van der Waals surface area contributed by atoms with Gasteiger partial charge in [0, 0.05) is 10.7 Å². The van der Waals surface area contributed by atoms with Gasteiger partial charge in [0.2, 0.25) is 10.0 Å². The molecule has 3 nitrogen and oxygen atoms in total. The van der Waals surface area contributed by atoms with Gasteiger partial charge in [0.05, 0.1) is 11.3 Å². The molecule has 6 heteroatoms. The Morgan fingerprint density at radius 1 is 1.33 bits per heavy atom. The highest BCUT2D eigenvalue weighted by Gasteiger charge is 2.34. The summed E-state index contributed by atoms with van der Waals surface area (Å²) in [6, 6.07) is 0. The molecule has 0 amide bonds. The molecule has 0 radical (unpaired) electrons. The number of alkyl halides is 2. The van der Waals surface area contributed by atoms with Gasteiger partial charge in [-0.3, -0.25) is 0 Å². The van der Waals surface area contributed by atoms with Crippen LogP contribution in [-0.4, -0.2) is 30.4 Å². The fraction of sp³-hybridized carbons (Fsp3) is 1.00. The van der Waals surface area contributed by atoms with E-state index in [1.165, 1.54) is 0 Å². The van der Waals surface area contributed by atoms with Crippen molar-refractivity contribution in [3.05, 3.63) is 0 Å². The summed E-state index contributed by atoms with van der Waals surface area (Å²) in [4.78, 5) is 0. The fourth-order valence-corrected chi connectivity index (χ4v) is 5.68. The molecule has 90 valence electrons. The molecular weight excluding hydrogens is 346 g/mol. The maximum atomic E-state index is 11.8. The Labute approximate surface area is 109 Å². The first-order valence-electron chi connectivity index (χ1n) is 5.10. The predicted octanol–water partition coefficient (Wildman–Crippen LogP) is 2.25. The second-order valence-electron chi connectivity index (χ2n) is 4.23. The van der Waals surface area contributed by atoms with E-state index >= 15 is 0 Å². The molecule has 0 atom stereocenters. The summed E-state index contributed by atoms with van der Waals surface area (Å²) in [7, 11) is -3.12. The number of hydrogen-bond donors (Lipinski definition) is 1. The van der Waals surface area contributed by atoms with Crippen molar-refractivity contribution >= 4 is 41.9 Å². The molecule has 0 aromatic carbocycles. The lowest BCUT2D eigenvalue weighted by Gasteiger charge is -2.29. The molecule has 1 rings (SSSR count). The number of sulfonamides is 1. The average molecular weight is 363 g/mol. The molecule has 0 aromatic heterocycles. The van der Waals surface area contributed by atoms with Gasteiger partial charge in [-0.25, -0.2) is 13.1 Å². The normalized spacial score (nSPS) is 18.1. The highest BCUT2D eigenvalue weighted by atomic mass is 79.9. The van der Waals surface area contributed by atoms with Gasteiger partial charge in [-0.1, -0.05) is 38.8 Å². The monoisotopic (exact) mass is 361 g/mol. The molecule has 0 saturated heterocycles. The van der Waals surface area contributed by atoms with Gasteiger partial charge in [-0.05, 0) is 25.2 Å². The zero-order valence-corrected chi connectivity index (χ0v) is 12.8. The standard InChI is InChI=1S/C9H17Br2NO2S/c1-2-9(6-10,7-11)12-15(13,14)5-8-3-4-8/h8,12H,2-7H2,1H3. The highest BCUT2D eigenvalue weighted by Crippen LogP contribution is 2.30. The summed E-state index contributed by atoms with van der Waals surface area (Å²) >= 11 is 6.74. The molecule has 0 aliphatic heterocycles. The van der Waals surface area contributed by atoms with Crippen LogP contribution in [0.5, 0.6) is 0 Å². The molecule has 15 heavy (non-hydrogen) atoms. The van der Waals surface area contributed by atoms with E-state index in [-0.39, 0.29) is 11.3 Å². The van der Waals surface area contributed by atoms with Gasteiger partial charge < -0.3 is 0 Å². The van der Waals surface area contributed by atoms with E-state index in [1.807, 2.05) is 6.92 Å². The first-order valence-corrected chi connectivity index (χ1v) is 9.00. The van der Waals surface area contributed by atoms with Crippen LogP contribution >= 0.6 is 31.9 Å². The quantitative estimate of drug-likeness (QED) is 0.706. The van der Waals surface area contributed by atoms with E-state index in [2.05, 4.69) is 36.6 Å². The molecule has 0 heterocycles. The summed E-state index contributed by atoms with van der Waals surface area (Å²) in [5.74, 6) is 0.678. The Morgan fingerprint density at radius 3 is 2.20 bits per heavy atom. The van der Waals surface area contributed by atoms with Gasteiger partial charge in [0.15, 0.2) is 0 Å². The van der Waals surface area contributed by atoms with Crippen LogP contribution in [0.1, 0.15) is 26.2 Å². The van der Waals surface area contributed by atoms with Gasteiger partial charge in [-0.15, -0.1) is 0 Å². The number of rotatable bonds is 7. The summed E-state index contributed by atoms with van der Waals surface area (Å²) in [6.07, 6.45) is 2.89. The summed E-state index contributed by atoms with van der Waals surface area (Å²) in [5.41, 5.74) is -0.381. The molecule has 0 unspecified atom stereocenters. The van der Waals surface area contributed by atoms with Crippen molar-refractivity contribution in [1.82, 2.24) is 4.72 Å². The van der Waals surface area contributed by atoms with Crippen molar-refractivity contribution in [2.75, 3.05) is 16.4 Å². The number of nitrogens with one attached hydrogen (secondary N) is 1. The second kappa shape index (κ2) is 5.47. The van der Waals surface area contributed by atoms with Crippen LogP contribution < -0.4 is 4.72 Å². The first-order chi connectivity index (χ1) is 6.97. The van der Waals surface area contributed by atoms with Crippen molar-refractivity contribution in [3.63, 3.8) is 0 Å². The topological polar surface area (TPSA) is 46.2 Å². The van der Waals surface area contributed by atoms with E-state index < -0.39 is 10.0 Å². The van der Waals surface area contributed by atoms with Crippen LogP contribution in [0.15, 0.2) is 0 Å². The third kappa shape index (κ3) is 4.32. The minimum absolute atomic E-state index is 0.286. The van der Waals surface area contributed by atoms with E-state index in [9.17, 15) is 8.42 Å². The van der Waals surface area contributed by atoms with Gasteiger partial charge in [0.1, 0.15) is 0 Å². The van der Waals surface area contributed by atoms with E-state index in [0.717, 1.165) is 19.3 Å². The molecule has 0 spiro atoms. The Kier molecular flexibility index (Phi) is 5.08. The maximum Gasteiger partial charge on any atom is 0.212 e.